The monoisotopic (exact) mass is 312 g/mol. The van der Waals surface area contributed by atoms with Crippen molar-refractivity contribution < 1.29 is 18.3 Å². The predicted molar refractivity (Wildman–Crippen MR) is 77.6 cm³/mol. The summed E-state index contributed by atoms with van der Waals surface area (Å²) in [6.07, 6.45) is 6.63. The summed E-state index contributed by atoms with van der Waals surface area (Å²) in [6, 6.07) is 2.32. The number of aromatic nitrogens is 1. The van der Waals surface area contributed by atoms with Crippen LogP contribution in [0.1, 0.15) is 49.4 Å². The third-order valence-electron chi connectivity index (χ3n) is 3.96. The van der Waals surface area contributed by atoms with Gasteiger partial charge in [0.15, 0.2) is 5.03 Å². The molecule has 1 fully saturated rings. The summed E-state index contributed by atoms with van der Waals surface area (Å²) in [5.41, 5.74) is -0.0331. The lowest BCUT2D eigenvalue weighted by Crippen LogP contribution is -2.39. The maximum atomic E-state index is 12.2. The number of nitrogens with one attached hydrogen (secondary N) is 1. The Morgan fingerprint density at radius 2 is 2.00 bits per heavy atom. The Labute approximate surface area is 124 Å². The molecule has 1 aliphatic carbocycles. The molecule has 0 spiro atoms. The molecule has 1 aromatic rings. The van der Waals surface area contributed by atoms with Crippen LogP contribution >= 0.6 is 0 Å². The first-order valence-corrected chi connectivity index (χ1v) is 8.60. The van der Waals surface area contributed by atoms with Gasteiger partial charge in [0, 0.05) is 12.2 Å². The van der Waals surface area contributed by atoms with Gasteiger partial charge < -0.3 is 5.11 Å². The second kappa shape index (κ2) is 6.53. The third-order valence-corrected chi connectivity index (χ3v) is 5.43. The molecular formula is C14H20N2O4S. The zero-order chi connectivity index (χ0) is 15.5. The first kappa shape index (κ1) is 15.9. The summed E-state index contributed by atoms with van der Waals surface area (Å²) in [5, 5.41) is 8.65. The van der Waals surface area contributed by atoms with Gasteiger partial charge in [-0.15, -0.1) is 0 Å². The van der Waals surface area contributed by atoms with Crippen molar-refractivity contribution in [2.24, 2.45) is 5.92 Å². The minimum atomic E-state index is -3.71. The fraction of sp³-hybridized carbons (Fsp3) is 0.571. The summed E-state index contributed by atoms with van der Waals surface area (Å²) < 4.78 is 27.1. The number of carboxylic acids is 1. The van der Waals surface area contributed by atoms with E-state index in [9.17, 15) is 13.2 Å². The SMILES string of the molecule is C[C@@H](NS(=O)(=O)c1ccc(C(=O)O)cn1)C1CCCCC1. The number of carboxylic acid groups (broad SMARTS) is 1. The number of aromatic carboxylic acids is 1. The van der Waals surface area contributed by atoms with Gasteiger partial charge in [0.1, 0.15) is 0 Å². The summed E-state index contributed by atoms with van der Waals surface area (Å²) in [6.45, 7) is 1.87. The van der Waals surface area contributed by atoms with Gasteiger partial charge in [0.2, 0.25) is 0 Å². The molecule has 0 saturated heterocycles. The van der Waals surface area contributed by atoms with Crippen molar-refractivity contribution in [3.05, 3.63) is 23.9 Å². The highest BCUT2D eigenvalue weighted by Crippen LogP contribution is 2.27. The molecule has 2 rings (SSSR count). The number of carbonyl (C=O) groups is 1. The molecule has 1 aromatic heterocycles. The number of rotatable bonds is 5. The molecular weight excluding hydrogens is 292 g/mol. The topological polar surface area (TPSA) is 96.4 Å². The van der Waals surface area contributed by atoms with Crippen molar-refractivity contribution >= 4 is 16.0 Å². The average Bonchev–Trinajstić information content (AvgIpc) is 2.48. The van der Waals surface area contributed by atoms with Crippen molar-refractivity contribution in [3.63, 3.8) is 0 Å². The molecule has 7 heteroatoms. The van der Waals surface area contributed by atoms with Gasteiger partial charge >= 0.3 is 5.97 Å². The average molecular weight is 312 g/mol. The van der Waals surface area contributed by atoms with Crippen LogP contribution in [-0.2, 0) is 10.0 Å². The lowest BCUT2D eigenvalue weighted by Gasteiger charge is -2.27. The van der Waals surface area contributed by atoms with Crippen LogP contribution in [-0.4, -0.2) is 30.5 Å². The number of nitrogens with zero attached hydrogens (tertiary/aromatic N) is 1. The zero-order valence-electron chi connectivity index (χ0n) is 11.9. The minimum absolute atomic E-state index is 0.0331. The van der Waals surface area contributed by atoms with Crippen LogP contribution < -0.4 is 4.72 Å². The van der Waals surface area contributed by atoms with E-state index in [1.165, 1.54) is 18.6 Å². The summed E-state index contributed by atoms with van der Waals surface area (Å²) >= 11 is 0. The van der Waals surface area contributed by atoms with Crippen molar-refractivity contribution in [3.8, 4) is 0 Å². The maximum Gasteiger partial charge on any atom is 0.337 e. The Morgan fingerprint density at radius 1 is 1.33 bits per heavy atom. The molecule has 6 nitrogen and oxygen atoms in total. The Morgan fingerprint density at radius 3 is 2.52 bits per heavy atom. The van der Waals surface area contributed by atoms with Gasteiger partial charge in [0.05, 0.1) is 5.56 Å². The van der Waals surface area contributed by atoms with Gasteiger partial charge in [-0.3, -0.25) is 0 Å². The molecule has 0 aliphatic heterocycles. The van der Waals surface area contributed by atoms with Crippen LogP contribution in [0.2, 0.25) is 0 Å². The Hall–Kier alpha value is -1.47. The molecule has 1 aliphatic rings. The van der Waals surface area contributed by atoms with Crippen LogP contribution in [0.15, 0.2) is 23.4 Å². The summed E-state index contributed by atoms with van der Waals surface area (Å²) in [7, 11) is -3.71. The van der Waals surface area contributed by atoms with Gasteiger partial charge in [-0.05, 0) is 37.8 Å². The molecule has 0 bridgehead atoms. The molecule has 0 amide bonds. The van der Waals surface area contributed by atoms with E-state index < -0.39 is 16.0 Å². The lowest BCUT2D eigenvalue weighted by molar-refractivity contribution is 0.0696. The number of sulfonamides is 1. The molecule has 0 unspecified atom stereocenters. The predicted octanol–water partition coefficient (Wildman–Crippen LogP) is 2.03. The van der Waals surface area contributed by atoms with E-state index in [1.807, 2.05) is 6.92 Å². The smallest absolute Gasteiger partial charge is 0.337 e. The number of pyridine rings is 1. The van der Waals surface area contributed by atoms with Crippen LogP contribution in [0.3, 0.4) is 0 Å². The number of hydrogen-bond donors (Lipinski definition) is 2. The second-order valence-corrected chi connectivity index (χ2v) is 7.16. The van der Waals surface area contributed by atoms with Crippen LogP contribution in [0.25, 0.3) is 0 Å². The zero-order valence-corrected chi connectivity index (χ0v) is 12.8. The van der Waals surface area contributed by atoms with E-state index in [4.69, 9.17) is 5.11 Å². The van der Waals surface area contributed by atoms with Crippen LogP contribution in [0, 0.1) is 5.92 Å². The van der Waals surface area contributed by atoms with E-state index >= 15 is 0 Å². The maximum absolute atomic E-state index is 12.2. The second-order valence-electron chi connectivity index (χ2n) is 5.50. The van der Waals surface area contributed by atoms with Crippen molar-refractivity contribution in [2.75, 3.05) is 0 Å². The van der Waals surface area contributed by atoms with Crippen LogP contribution in [0.4, 0.5) is 0 Å². The molecule has 2 N–H and O–H groups in total. The van der Waals surface area contributed by atoms with Crippen molar-refractivity contribution in [1.82, 2.24) is 9.71 Å². The Bertz CT molecular complexity index is 592. The largest absolute Gasteiger partial charge is 0.478 e. The fourth-order valence-corrected chi connectivity index (χ4v) is 3.94. The number of hydrogen-bond acceptors (Lipinski definition) is 4. The van der Waals surface area contributed by atoms with Gasteiger partial charge in [-0.2, -0.15) is 0 Å². The van der Waals surface area contributed by atoms with E-state index in [0.717, 1.165) is 31.9 Å². The fourth-order valence-electron chi connectivity index (χ4n) is 2.70. The molecule has 1 saturated carbocycles. The van der Waals surface area contributed by atoms with Crippen molar-refractivity contribution in [1.29, 1.82) is 0 Å². The highest BCUT2D eigenvalue weighted by atomic mass is 32.2. The third kappa shape index (κ3) is 4.01. The highest BCUT2D eigenvalue weighted by molar-refractivity contribution is 7.89. The first-order chi connectivity index (χ1) is 9.90. The molecule has 21 heavy (non-hydrogen) atoms. The quantitative estimate of drug-likeness (QED) is 0.867. The van der Waals surface area contributed by atoms with Gasteiger partial charge in [-0.25, -0.2) is 22.9 Å². The lowest BCUT2D eigenvalue weighted by atomic mass is 9.85. The van der Waals surface area contributed by atoms with E-state index in [2.05, 4.69) is 9.71 Å². The van der Waals surface area contributed by atoms with E-state index in [0.29, 0.717) is 5.92 Å². The Kier molecular flexibility index (Phi) is 4.95. The Balaban J connectivity index is 2.08. The molecule has 116 valence electrons. The highest BCUT2D eigenvalue weighted by Gasteiger charge is 2.25. The normalized spacial score (nSPS) is 18.3. The van der Waals surface area contributed by atoms with Gasteiger partial charge in [0.25, 0.3) is 10.0 Å². The summed E-state index contributed by atoms with van der Waals surface area (Å²) in [4.78, 5) is 14.5. The summed E-state index contributed by atoms with van der Waals surface area (Å²) in [5.74, 6) is -0.776. The first-order valence-electron chi connectivity index (χ1n) is 7.12. The van der Waals surface area contributed by atoms with Crippen LogP contribution in [0.5, 0.6) is 0 Å². The van der Waals surface area contributed by atoms with Crippen molar-refractivity contribution in [2.45, 2.75) is 50.1 Å². The molecule has 1 atom stereocenters. The molecule has 0 radical (unpaired) electrons. The molecule has 1 heterocycles. The minimum Gasteiger partial charge on any atom is -0.478 e. The van der Waals surface area contributed by atoms with E-state index in [1.54, 1.807) is 0 Å². The standard InChI is InChI=1S/C14H20N2O4S/c1-10(11-5-3-2-4-6-11)16-21(19,20)13-8-7-12(9-15-13)14(17)18/h7-11,16H,2-6H2,1H3,(H,17,18)/t10-/m1/s1. The molecule has 0 aromatic carbocycles. The van der Waals surface area contributed by atoms with Gasteiger partial charge in [-0.1, -0.05) is 19.3 Å². The van der Waals surface area contributed by atoms with E-state index in [-0.39, 0.29) is 16.6 Å².